The SMILES string of the molecule is Cc1ccc(C(C)NC(=O)c2ccn(C)c(=O)c2)cc1. The minimum absolute atomic E-state index is 0.104. The van der Waals surface area contributed by atoms with Crippen molar-refractivity contribution in [2.24, 2.45) is 7.05 Å². The number of carbonyl (C=O) groups is 1. The van der Waals surface area contributed by atoms with E-state index in [9.17, 15) is 9.59 Å². The predicted molar refractivity (Wildman–Crippen MR) is 78.7 cm³/mol. The number of carbonyl (C=O) groups excluding carboxylic acids is 1. The second-order valence-electron chi connectivity index (χ2n) is 4.97. The van der Waals surface area contributed by atoms with Gasteiger partial charge in [-0.25, -0.2) is 0 Å². The lowest BCUT2D eigenvalue weighted by atomic mass is 10.1. The van der Waals surface area contributed by atoms with Crippen LogP contribution in [0, 0.1) is 6.92 Å². The third-order valence-corrected chi connectivity index (χ3v) is 3.29. The fourth-order valence-electron chi connectivity index (χ4n) is 1.91. The standard InChI is InChI=1S/C16H18N2O2/c1-11-4-6-13(7-5-11)12(2)17-16(20)14-8-9-18(3)15(19)10-14/h4-10,12H,1-3H3,(H,17,20). The molecule has 1 atom stereocenters. The highest BCUT2D eigenvalue weighted by Crippen LogP contribution is 2.13. The van der Waals surface area contributed by atoms with Crippen LogP contribution in [0.5, 0.6) is 0 Å². The summed E-state index contributed by atoms with van der Waals surface area (Å²) >= 11 is 0. The number of nitrogens with one attached hydrogen (secondary N) is 1. The van der Waals surface area contributed by atoms with E-state index in [1.165, 1.54) is 16.2 Å². The molecule has 0 fully saturated rings. The third kappa shape index (κ3) is 3.15. The average molecular weight is 270 g/mol. The molecule has 0 radical (unpaired) electrons. The van der Waals surface area contributed by atoms with Gasteiger partial charge in [0, 0.05) is 24.9 Å². The normalized spacial score (nSPS) is 11.9. The van der Waals surface area contributed by atoms with Crippen LogP contribution in [0.2, 0.25) is 0 Å². The molecule has 2 rings (SSSR count). The summed E-state index contributed by atoms with van der Waals surface area (Å²) in [6.45, 7) is 3.94. The first-order chi connectivity index (χ1) is 9.47. The van der Waals surface area contributed by atoms with Gasteiger partial charge in [-0.2, -0.15) is 0 Å². The van der Waals surface area contributed by atoms with E-state index in [2.05, 4.69) is 5.32 Å². The molecule has 104 valence electrons. The number of nitrogens with zero attached hydrogens (tertiary/aromatic N) is 1. The number of rotatable bonds is 3. The zero-order valence-corrected chi connectivity index (χ0v) is 11.9. The lowest BCUT2D eigenvalue weighted by Crippen LogP contribution is -2.28. The Bertz CT molecular complexity index is 672. The van der Waals surface area contributed by atoms with Crippen LogP contribution in [0.4, 0.5) is 0 Å². The zero-order chi connectivity index (χ0) is 14.7. The molecule has 0 aliphatic rings. The summed E-state index contributed by atoms with van der Waals surface area (Å²) < 4.78 is 1.43. The molecule has 2 aromatic rings. The van der Waals surface area contributed by atoms with E-state index in [1.54, 1.807) is 19.3 Å². The fraction of sp³-hybridized carbons (Fsp3) is 0.250. The number of hydrogen-bond donors (Lipinski definition) is 1. The minimum Gasteiger partial charge on any atom is -0.346 e. The van der Waals surface area contributed by atoms with Gasteiger partial charge in [0.25, 0.3) is 11.5 Å². The molecular formula is C16H18N2O2. The number of amides is 1. The number of pyridine rings is 1. The number of aromatic nitrogens is 1. The Labute approximate surface area is 118 Å². The Balaban J connectivity index is 2.12. The van der Waals surface area contributed by atoms with Gasteiger partial charge < -0.3 is 9.88 Å². The van der Waals surface area contributed by atoms with Crippen molar-refractivity contribution in [3.05, 3.63) is 69.6 Å². The van der Waals surface area contributed by atoms with Crippen molar-refractivity contribution in [1.82, 2.24) is 9.88 Å². The highest BCUT2D eigenvalue weighted by Gasteiger charge is 2.11. The highest BCUT2D eigenvalue weighted by atomic mass is 16.2. The Kier molecular flexibility index (Phi) is 4.03. The number of aryl methyl sites for hydroxylation is 2. The summed E-state index contributed by atoms with van der Waals surface area (Å²) in [5.74, 6) is -0.240. The van der Waals surface area contributed by atoms with Gasteiger partial charge in [0.05, 0.1) is 6.04 Å². The van der Waals surface area contributed by atoms with Gasteiger partial charge >= 0.3 is 0 Å². The minimum atomic E-state index is -0.240. The van der Waals surface area contributed by atoms with Gasteiger partial charge in [-0.15, -0.1) is 0 Å². The molecular weight excluding hydrogens is 252 g/mol. The summed E-state index contributed by atoms with van der Waals surface area (Å²) in [5, 5.41) is 2.89. The summed E-state index contributed by atoms with van der Waals surface area (Å²) in [6, 6.07) is 10.9. The van der Waals surface area contributed by atoms with Gasteiger partial charge in [-0.05, 0) is 25.5 Å². The first-order valence-corrected chi connectivity index (χ1v) is 6.51. The molecule has 4 heteroatoms. The van der Waals surface area contributed by atoms with Crippen LogP contribution in [-0.2, 0) is 7.05 Å². The van der Waals surface area contributed by atoms with Crippen molar-refractivity contribution >= 4 is 5.91 Å². The molecule has 0 aliphatic carbocycles. The van der Waals surface area contributed by atoms with Crippen LogP contribution in [0.3, 0.4) is 0 Å². The Hall–Kier alpha value is -2.36. The number of hydrogen-bond acceptors (Lipinski definition) is 2. The molecule has 0 saturated heterocycles. The molecule has 1 amide bonds. The Morgan fingerprint density at radius 3 is 2.45 bits per heavy atom. The second-order valence-corrected chi connectivity index (χ2v) is 4.97. The quantitative estimate of drug-likeness (QED) is 0.929. The molecule has 1 heterocycles. The molecule has 1 aromatic heterocycles. The first kappa shape index (κ1) is 14.1. The first-order valence-electron chi connectivity index (χ1n) is 6.51. The van der Waals surface area contributed by atoms with Gasteiger partial charge in [-0.1, -0.05) is 29.8 Å². The molecule has 4 nitrogen and oxygen atoms in total. The van der Waals surface area contributed by atoms with E-state index in [0.29, 0.717) is 5.56 Å². The maximum Gasteiger partial charge on any atom is 0.252 e. The van der Waals surface area contributed by atoms with Crippen LogP contribution in [0.1, 0.15) is 34.5 Å². The Morgan fingerprint density at radius 1 is 1.20 bits per heavy atom. The van der Waals surface area contributed by atoms with Crippen LogP contribution >= 0.6 is 0 Å². The maximum absolute atomic E-state index is 12.1. The van der Waals surface area contributed by atoms with Crippen LogP contribution in [0.25, 0.3) is 0 Å². The van der Waals surface area contributed by atoms with Crippen molar-refractivity contribution < 1.29 is 4.79 Å². The molecule has 1 unspecified atom stereocenters. The summed E-state index contributed by atoms with van der Waals surface area (Å²) in [4.78, 5) is 23.6. The van der Waals surface area contributed by atoms with E-state index < -0.39 is 0 Å². The largest absolute Gasteiger partial charge is 0.346 e. The lowest BCUT2D eigenvalue weighted by Gasteiger charge is -2.14. The number of benzene rings is 1. The van der Waals surface area contributed by atoms with E-state index in [0.717, 1.165) is 5.56 Å². The molecule has 20 heavy (non-hydrogen) atoms. The van der Waals surface area contributed by atoms with Crippen molar-refractivity contribution in [3.63, 3.8) is 0 Å². The molecule has 0 bridgehead atoms. The summed E-state index contributed by atoms with van der Waals surface area (Å²) in [6.07, 6.45) is 1.59. The average Bonchev–Trinajstić information content (AvgIpc) is 2.42. The van der Waals surface area contributed by atoms with E-state index in [1.807, 2.05) is 38.1 Å². The molecule has 0 spiro atoms. The van der Waals surface area contributed by atoms with Gasteiger partial charge in [-0.3, -0.25) is 9.59 Å². The highest BCUT2D eigenvalue weighted by molar-refractivity contribution is 5.94. The van der Waals surface area contributed by atoms with Gasteiger partial charge in [0.2, 0.25) is 0 Å². The van der Waals surface area contributed by atoms with E-state index in [4.69, 9.17) is 0 Å². The topological polar surface area (TPSA) is 51.1 Å². The maximum atomic E-state index is 12.1. The molecule has 0 saturated carbocycles. The smallest absolute Gasteiger partial charge is 0.252 e. The van der Waals surface area contributed by atoms with Crippen molar-refractivity contribution in [2.45, 2.75) is 19.9 Å². The second kappa shape index (κ2) is 5.74. The molecule has 1 N–H and O–H groups in total. The lowest BCUT2D eigenvalue weighted by molar-refractivity contribution is 0.0939. The van der Waals surface area contributed by atoms with Crippen molar-refractivity contribution in [3.8, 4) is 0 Å². The fourth-order valence-corrected chi connectivity index (χ4v) is 1.91. The van der Waals surface area contributed by atoms with Gasteiger partial charge in [0.15, 0.2) is 0 Å². The zero-order valence-electron chi connectivity index (χ0n) is 11.9. The third-order valence-electron chi connectivity index (χ3n) is 3.29. The van der Waals surface area contributed by atoms with E-state index in [-0.39, 0.29) is 17.5 Å². The predicted octanol–water partition coefficient (Wildman–Crippen LogP) is 2.18. The van der Waals surface area contributed by atoms with Crippen molar-refractivity contribution in [1.29, 1.82) is 0 Å². The van der Waals surface area contributed by atoms with Crippen LogP contribution in [0.15, 0.2) is 47.4 Å². The Morgan fingerprint density at radius 2 is 1.85 bits per heavy atom. The monoisotopic (exact) mass is 270 g/mol. The molecule has 0 aliphatic heterocycles. The summed E-state index contributed by atoms with van der Waals surface area (Å²) in [7, 11) is 1.65. The molecule has 1 aromatic carbocycles. The van der Waals surface area contributed by atoms with E-state index >= 15 is 0 Å². The van der Waals surface area contributed by atoms with Crippen LogP contribution in [-0.4, -0.2) is 10.5 Å². The summed E-state index contributed by atoms with van der Waals surface area (Å²) in [5.41, 5.74) is 2.40. The van der Waals surface area contributed by atoms with Gasteiger partial charge in [0.1, 0.15) is 0 Å². The van der Waals surface area contributed by atoms with Crippen molar-refractivity contribution in [2.75, 3.05) is 0 Å². The van der Waals surface area contributed by atoms with Crippen LogP contribution < -0.4 is 10.9 Å².